The monoisotopic (exact) mass is 422 g/mol. The Morgan fingerprint density at radius 2 is 2.00 bits per heavy atom. The number of nitrogens with zero attached hydrogens (tertiary/aromatic N) is 5. The first-order valence-electron chi connectivity index (χ1n) is 9.60. The highest BCUT2D eigenvalue weighted by Gasteiger charge is 2.15. The third-order valence-electron chi connectivity index (χ3n) is 4.74. The number of imidazole rings is 1. The average Bonchev–Trinajstić information content (AvgIpc) is 3.08. The quantitative estimate of drug-likeness (QED) is 0.479. The van der Waals surface area contributed by atoms with Crippen LogP contribution in [0.1, 0.15) is 5.56 Å². The SMILES string of the molecule is COc1ccc(CCN(C)C)cc1Nc1nccc(-c2c(Cl)nc3ccccn23)n1. The summed E-state index contributed by atoms with van der Waals surface area (Å²) in [5.74, 6) is 1.18. The van der Waals surface area contributed by atoms with Crippen LogP contribution in [0.15, 0.2) is 54.9 Å². The lowest BCUT2D eigenvalue weighted by molar-refractivity contribution is 0.411. The van der Waals surface area contributed by atoms with Gasteiger partial charge in [0.1, 0.15) is 17.1 Å². The van der Waals surface area contributed by atoms with E-state index in [0.717, 1.165) is 35.7 Å². The number of halogens is 1. The second-order valence-electron chi connectivity index (χ2n) is 7.16. The minimum atomic E-state index is 0.397. The maximum atomic E-state index is 6.41. The number of hydrogen-bond donors (Lipinski definition) is 1. The standard InChI is InChI=1S/C22H23ClN6O/c1-28(2)13-10-15-7-8-18(30-3)17(14-15)26-22-24-11-9-16(25-22)20-21(23)27-19-6-4-5-12-29(19)20/h4-9,11-12,14H,10,13H2,1-3H3,(H,24,25,26). The third kappa shape index (κ3) is 4.22. The Labute approximate surface area is 180 Å². The van der Waals surface area contributed by atoms with Gasteiger partial charge in [-0.15, -0.1) is 0 Å². The molecule has 154 valence electrons. The maximum Gasteiger partial charge on any atom is 0.227 e. The van der Waals surface area contributed by atoms with Gasteiger partial charge in [-0.3, -0.25) is 4.40 Å². The van der Waals surface area contributed by atoms with Crippen LogP contribution in [0.4, 0.5) is 11.6 Å². The number of fused-ring (bicyclic) bond motifs is 1. The lowest BCUT2D eigenvalue weighted by Crippen LogP contribution is -2.15. The summed E-state index contributed by atoms with van der Waals surface area (Å²) < 4.78 is 7.43. The van der Waals surface area contributed by atoms with E-state index in [1.807, 2.05) is 40.9 Å². The molecule has 1 N–H and O–H groups in total. The summed E-state index contributed by atoms with van der Waals surface area (Å²) in [4.78, 5) is 15.6. The molecular weight excluding hydrogens is 400 g/mol. The van der Waals surface area contributed by atoms with Gasteiger partial charge in [0, 0.05) is 18.9 Å². The molecule has 0 bridgehead atoms. The molecule has 0 saturated heterocycles. The summed E-state index contributed by atoms with van der Waals surface area (Å²) in [5.41, 5.74) is 4.19. The molecule has 30 heavy (non-hydrogen) atoms. The number of nitrogens with one attached hydrogen (secondary N) is 1. The van der Waals surface area contributed by atoms with Gasteiger partial charge < -0.3 is 15.0 Å². The minimum Gasteiger partial charge on any atom is -0.495 e. The van der Waals surface area contributed by atoms with Crippen LogP contribution in [0.3, 0.4) is 0 Å². The first-order valence-corrected chi connectivity index (χ1v) is 9.97. The Morgan fingerprint density at radius 3 is 2.80 bits per heavy atom. The summed E-state index contributed by atoms with van der Waals surface area (Å²) in [6.45, 7) is 0.963. The van der Waals surface area contributed by atoms with E-state index < -0.39 is 0 Å². The van der Waals surface area contributed by atoms with Crippen LogP contribution in [0.2, 0.25) is 5.15 Å². The summed E-state index contributed by atoms with van der Waals surface area (Å²) >= 11 is 6.41. The van der Waals surface area contributed by atoms with Crippen molar-refractivity contribution in [1.82, 2.24) is 24.3 Å². The van der Waals surface area contributed by atoms with E-state index in [-0.39, 0.29) is 0 Å². The van der Waals surface area contributed by atoms with E-state index in [0.29, 0.717) is 16.8 Å². The van der Waals surface area contributed by atoms with E-state index >= 15 is 0 Å². The fourth-order valence-corrected chi connectivity index (χ4v) is 3.50. The van der Waals surface area contributed by atoms with Crippen LogP contribution >= 0.6 is 11.6 Å². The molecule has 0 aliphatic heterocycles. The van der Waals surface area contributed by atoms with Gasteiger partial charge in [0.2, 0.25) is 5.95 Å². The van der Waals surface area contributed by atoms with Gasteiger partial charge in [0.05, 0.1) is 18.5 Å². The highest BCUT2D eigenvalue weighted by molar-refractivity contribution is 6.32. The number of hydrogen-bond acceptors (Lipinski definition) is 6. The second-order valence-corrected chi connectivity index (χ2v) is 7.52. The van der Waals surface area contributed by atoms with Crippen LogP contribution < -0.4 is 10.1 Å². The number of rotatable bonds is 7. The van der Waals surface area contributed by atoms with Crippen LogP contribution in [-0.2, 0) is 6.42 Å². The predicted molar refractivity (Wildman–Crippen MR) is 120 cm³/mol. The predicted octanol–water partition coefficient (Wildman–Crippen LogP) is 4.30. The van der Waals surface area contributed by atoms with E-state index in [1.54, 1.807) is 13.3 Å². The normalized spacial score (nSPS) is 11.2. The zero-order valence-electron chi connectivity index (χ0n) is 17.1. The van der Waals surface area contributed by atoms with Crippen molar-refractivity contribution in [3.63, 3.8) is 0 Å². The van der Waals surface area contributed by atoms with Gasteiger partial charge in [0.25, 0.3) is 0 Å². The zero-order chi connectivity index (χ0) is 21.1. The summed E-state index contributed by atoms with van der Waals surface area (Å²) in [6.07, 6.45) is 4.55. The molecule has 0 saturated carbocycles. The first kappa shape index (κ1) is 20.1. The number of ether oxygens (including phenoxy) is 1. The van der Waals surface area contributed by atoms with Crippen LogP contribution in [0.25, 0.3) is 17.0 Å². The number of likely N-dealkylation sites (N-methyl/N-ethyl adjacent to an activating group) is 1. The molecule has 0 spiro atoms. The Kier molecular flexibility index (Phi) is 5.83. The summed E-state index contributed by atoms with van der Waals surface area (Å²) in [6, 6.07) is 13.7. The van der Waals surface area contributed by atoms with Crippen LogP contribution in [-0.4, -0.2) is 52.0 Å². The van der Waals surface area contributed by atoms with Crippen molar-refractivity contribution < 1.29 is 4.74 Å². The van der Waals surface area contributed by atoms with Gasteiger partial charge >= 0.3 is 0 Å². The second kappa shape index (κ2) is 8.69. The van der Waals surface area contributed by atoms with Gasteiger partial charge in [-0.2, -0.15) is 0 Å². The molecule has 0 aliphatic rings. The Hall–Kier alpha value is -3.16. The van der Waals surface area contributed by atoms with Gasteiger partial charge in [-0.25, -0.2) is 15.0 Å². The highest BCUT2D eigenvalue weighted by atomic mass is 35.5. The minimum absolute atomic E-state index is 0.397. The fraction of sp³-hybridized carbons (Fsp3) is 0.227. The molecule has 0 aliphatic carbocycles. The summed E-state index contributed by atoms with van der Waals surface area (Å²) in [7, 11) is 5.77. The molecular formula is C22H23ClN6O. The Bertz CT molecular complexity index is 1170. The average molecular weight is 423 g/mol. The molecule has 4 aromatic rings. The zero-order valence-corrected chi connectivity index (χ0v) is 17.9. The third-order valence-corrected chi connectivity index (χ3v) is 5.01. The van der Waals surface area contributed by atoms with E-state index in [9.17, 15) is 0 Å². The van der Waals surface area contributed by atoms with Crippen molar-refractivity contribution in [1.29, 1.82) is 0 Å². The van der Waals surface area contributed by atoms with E-state index in [1.165, 1.54) is 5.56 Å². The van der Waals surface area contributed by atoms with Crippen LogP contribution in [0, 0.1) is 0 Å². The van der Waals surface area contributed by atoms with Crippen LogP contribution in [0.5, 0.6) is 5.75 Å². The molecule has 3 heterocycles. The highest BCUT2D eigenvalue weighted by Crippen LogP contribution is 2.30. The number of pyridine rings is 1. The molecule has 1 aromatic carbocycles. The topological polar surface area (TPSA) is 67.6 Å². The Balaban J connectivity index is 1.66. The molecule has 7 nitrogen and oxygen atoms in total. The molecule has 3 aromatic heterocycles. The number of anilines is 2. The summed E-state index contributed by atoms with van der Waals surface area (Å²) in [5, 5.41) is 3.69. The lowest BCUT2D eigenvalue weighted by atomic mass is 10.1. The van der Waals surface area contributed by atoms with Gasteiger partial charge in [-0.05, 0) is 56.4 Å². The molecule has 0 unspecified atom stereocenters. The molecule has 4 rings (SSSR count). The molecule has 0 atom stereocenters. The van der Waals surface area contributed by atoms with Crippen molar-refractivity contribution in [2.75, 3.05) is 33.1 Å². The smallest absolute Gasteiger partial charge is 0.227 e. The molecule has 8 heteroatoms. The van der Waals surface area contributed by atoms with Crippen molar-refractivity contribution >= 4 is 28.9 Å². The molecule has 0 radical (unpaired) electrons. The fourth-order valence-electron chi connectivity index (χ4n) is 3.23. The number of aromatic nitrogens is 4. The largest absolute Gasteiger partial charge is 0.495 e. The molecule has 0 amide bonds. The van der Waals surface area contributed by atoms with Crippen molar-refractivity contribution in [2.45, 2.75) is 6.42 Å². The van der Waals surface area contributed by atoms with E-state index in [4.69, 9.17) is 16.3 Å². The Morgan fingerprint density at radius 1 is 1.13 bits per heavy atom. The van der Waals surface area contributed by atoms with Gasteiger partial charge in [-0.1, -0.05) is 23.7 Å². The molecule has 0 fully saturated rings. The number of benzene rings is 1. The van der Waals surface area contributed by atoms with Crippen molar-refractivity contribution in [3.8, 4) is 17.1 Å². The van der Waals surface area contributed by atoms with Gasteiger partial charge in [0.15, 0.2) is 5.15 Å². The number of methoxy groups -OCH3 is 1. The van der Waals surface area contributed by atoms with Crippen molar-refractivity contribution in [3.05, 3.63) is 65.6 Å². The first-order chi connectivity index (χ1) is 14.5. The van der Waals surface area contributed by atoms with E-state index in [2.05, 4.69) is 51.4 Å². The maximum absolute atomic E-state index is 6.41. The van der Waals surface area contributed by atoms with Crippen molar-refractivity contribution in [2.24, 2.45) is 0 Å². The lowest BCUT2D eigenvalue weighted by Gasteiger charge is -2.14.